The number of benzene rings is 2. The molecule has 112 valence electrons. The van der Waals surface area contributed by atoms with Crippen LogP contribution in [0.25, 0.3) is 0 Å². The number of hydrogen-bond donors (Lipinski definition) is 1. The van der Waals surface area contributed by atoms with Crippen molar-refractivity contribution in [1.29, 1.82) is 0 Å². The van der Waals surface area contributed by atoms with Gasteiger partial charge in [0.2, 0.25) is 0 Å². The zero-order valence-corrected chi connectivity index (χ0v) is 12.8. The molecule has 1 nitrogen and oxygen atoms in total. The maximum absolute atomic E-state index is 13.7. The van der Waals surface area contributed by atoms with Crippen molar-refractivity contribution >= 4 is 11.6 Å². The summed E-state index contributed by atoms with van der Waals surface area (Å²) in [6.45, 7) is 3.83. The number of rotatable bonds is 5. The summed E-state index contributed by atoms with van der Waals surface area (Å²) in [5.74, 6) is -0.825. The van der Waals surface area contributed by atoms with Crippen LogP contribution in [0.15, 0.2) is 42.5 Å². The van der Waals surface area contributed by atoms with Crippen LogP contribution < -0.4 is 5.32 Å². The third kappa shape index (κ3) is 4.51. The Balaban J connectivity index is 2.01. The third-order valence-electron chi connectivity index (χ3n) is 3.39. The molecule has 0 aliphatic heterocycles. The molecule has 2 aromatic rings. The van der Waals surface area contributed by atoms with Gasteiger partial charge in [0.05, 0.1) is 0 Å². The van der Waals surface area contributed by atoms with Gasteiger partial charge in [-0.3, -0.25) is 0 Å². The van der Waals surface area contributed by atoms with Crippen LogP contribution in [-0.2, 0) is 6.42 Å². The van der Waals surface area contributed by atoms with E-state index >= 15 is 0 Å². The summed E-state index contributed by atoms with van der Waals surface area (Å²) in [6, 6.07) is 11.0. The van der Waals surface area contributed by atoms with Gasteiger partial charge < -0.3 is 5.32 Å². The quantitative estimate of drug-likeness (QED) is 0.828. The van der Waals surface area contributed by atoms with Crippen molar-refractivity contribution in [2.75, 3.05) is 0 Å². The molecule has 2 aromatic carbocycles. The Morgan fingerprint density at radius 3 is 2.57 bits per heavy atom. The summed E-state index contributed by atoms with van der Waals surface area (Å²) in [6.07, 6.45) is 0.766. The molecule has 21 heavy (non-hydrogen) atoms. The van der Waals surface area contributed by atoms with Crippen LogP contribution >= 0.6 is 11.6 Å². The van der Waals surface area contributed by atoms with Gasteiger partial charge in [0.1, 0.15) is 11.6 Å². The zero-order valence-electron chi connectivity index (χ0n) is 12.0. The van der Waals surface area contributed by atoms with Gasteiger partial charge in [0.15, 0.2) is 0 Å². The van der Waals surface area contributed by atoms with Crippen molar-refractivity contribution in [2.24, 2.45) is 0 Å². The number of nitrogens with one attached hydrogen (secondary N) is 1. The predicted molar refractivity (Wildman–Crippen MR) is 82.5 cm³/mol. The minimum absolute atomic E-state index is 0.112. The lowest BCUT2D eigenvalue weighted by molar-refractivity contribution is 0.457. The molecule has 0 bridgehead atoms. The molecule has 0 saturated carbocycles. The Bertz CT molecular complexity index is 615. The molecule has 0 amide bonds. The third-order valence-corrected chi connectivity index (χ3v) is 3.63. The Morgan fingerprint density at radius 2 is 1.86 bits per heavy atom. The monoisotopic (exact) mass is 309 g/mol. The van der Waals surface area contributed by atoms with Crippen molar-refractivity contribution in [2.45, 2.75) is 32.4 Å². The molecule has 2 atom stereocenters. The minimum atomic E-state index is -0.428. The van der Waals surface area contributed by atoms with Crippen molar-refractivity contribution in [3.8, 4) is 0 Å². The summed E-state index contributed by atoms with van der Waals surface area (Å²) in [4.78, 5) is 0. The van der Waals surface area contributed by atoms with E-state index in [4.69, 9.17) is 11.6 Å². The van der Waals surface area contributed by atoms with Crippen molar-refractivity contribution in [3.05, 3.63) is 70.2 Å². The molecule has 4 heteroatoms. The molecular weight excluding hydrogens is 292 g/mol. The first-order valence-electron chi connectivity index (χ1n) is 6.91. The first-order chi connectivity index (χ1) is 9.95. The Kier molecular flexibility index (Phi) is 5.32. The van der Waals surface area contributed by atoms with E-state index in [0.717, 1.165) is 24.1 Å². The van der Waals surface area contributed by atoms with E-state index in [0.29, 0.717) is 10.6 Å². The number of hydrogen-bond acceptors (Lipinski definition) is 1. The summed E-state index contributed by atoms with van der Waals surface area (Å²) < 4.78 is 27.0. The van der Waals surface area contributed by atoms with Gasteiger partial charge in [-0.2, -0.15) is 0 Å². The first kappa shape index (κ1) is 15.9. The van der Waals surface area contributed by atoms with E-state index in [-0.39, 0.29) is 12.1 Å². The van der Waals surface area contributed by atoms with Crippen LogP contribution in [0, 0.1) is 11.6 Å². The molecule has 0 aromatic heterocycles. The fraction of sp³-hybridized carbons (Fsp3) is 0.294. The topological polar surface area (TPSA) is 12.0 Å². The van der Waals surface area contributed by atoms with Gasteiger partial charge in [-0.05, 0) is 56.2 Å². The molecule has 0 aliphatic carbocycles. The van der Waals surface area contributed by atoms with E-state index in [1.54, 1.807) is 0 Å². The van der Waals surface area contributed by atoms with Gasteiger partial charge in [-0.15, -0.1) is 0 Å². The molecule has 0 heterocycles. The lowest BCUT2D eigenvalue weighted by Crippen LogP contribution is -2.31. The highest BCUT2D eigenvalue weighted by Gasteiger charge is 2.14. The summed E-state index contributed by atoms with van der Waals surface area (Å²) in [5.41, 5.74) is 1.45. The Hall–Kier alpha value is -1.45. The van der Waals surface area contributed by atoms with Crippen molar-refractivity contribution in [1.82, 2.24) is 5.32 Å². The average molecular weight is 310 g/mol. The van der Waals surface area contributed by atoms with Crippen LogP contribution in [0.3, 0.4) is 0 Å². The van der Waals surface area contributed by atoms with Crippen LogP contribution in [0.5, 0.6) is 0 Å². The fourth-order valence-electron chi connectivity index (χ4n) is 2.44. The minimum Gasteiger partial charge on any atom is -0.307 e. The molecule has 0 fully saturated rings. The molecule has 0 spiro atoms. The highest BCUT2D eigenvalue weighted by atomic mass is 35.5. The molecular formula is C17H18ClF2N. The van der Waals surface area contributed by atoms with Gasteiger partial charge in [-0.1, -0.05) is 23.7 Å². The molecule has 1 N–H and O–H groups in total. The number of halogens is 3. The largest absolute Gasteiger partial charge is 0.307 e. The first-order valence-corrected chi connectivity index (χ1v) is 7.29. The lowest BCUT2D eigenvalue weighted by atomic mass is 10.0. The van der Waals surface area contributed by atoms with E-state index in [2.05, 4.69) is 5.32 Å². The molecule has 0 radical (unpaired) electrons. The van der Waals surface area contributed by atoms with Crippen LogP contribution in [0.2, 0.25) is 5.02 Å². The second-order valence-corrected chi connectivity index (χ2v) is 5.73. The van der Waals surface area contributed by atoms with Gasteiger partial charge in [0, 0.05) is 22.7 Å². The summed E-state index contributed by atoms with van der Waals surface area (Å²) in [5, 5.41) is 3.98. The van der Waals surface area contributed by atoms with Gasteiger partial charge >= 0.3 is 0 Å². The highest BCUT2D eigenvalue weighted by Crippen LogP contribution is 2.19. The van der Waals surface area contributed by atoms with Gasteiger partial charge in [-0.25, -0.2) is 8.78 Å². The standard InChI is InChI=1S/C17H18ClF2N/c1-11(8-13-4-3-5-14(18)9-13)21-12(2)16-10-15(19)6-7-17(16)20/h3-7,9-12,21H,8H2,1-2H3. The van der Waals surface area contributed by atoms with Crippen molar-refractivity contribution < 1.29 is 8.78 Å². The van der Waals surface area contributed by atoms with Crippen molar-refractivity contribution in [3.63, 3.8) is 0 Å². The van der Waals surface area contributed by atoms with E-state index in [1.807, 2.05) is 38.1 Å². The highest BCUT2D eigenvalue weighted by molar-refractivity contribution is 6.30. The maximum atomic E-state index is 13.7. The van der Waals surface area contributed by atoms with Crippen LogP contribution in [0.4, 0.5) is 8.78 Å². The molecule has 2 rings (SSSR count). The lowest BCUT2D eigenvalue weighted by Gasteiger charge is -2.21. The Labute approximate surface area is 128 Å². The maximum Gasteiger partial charge on any atom is 0.128 e. The van der Waals surface area contributed by atoms with Crippen LogP contribution in [-0.4, -0.2) is 6.04 Å². The van der Waals surface area contributed by atoms with E-state index in [1.165, 1.54) is 6.07 Å². The van der Waals surface area contributed by atoms with E-state index < -0.39 is 11.6 Å². The normalized spacial score (nSPS) is 14.0. The van der Waals surface area contributed by atoms with Crippen LogP contribution in [0.1, 0.15) is 31.0 Å². The summed E-state index contributed by atoms with van der Waals surface area (Å²) in [7, 11) is 0. The fourth-order valence-corrected chi connectivity index (χ4v) is 2.65. The molecule has 0 aliphatic rings. The van der Waals surface area contributed by atoms with E-state index in [9.17, 15) is 8.78 Å². The SMILES string of the molecule is CC(Cc1cccc(Cl)c1)NC(C)c1cc(F)ccc1F. The second kappa shape index (κ2) is 7.01. The van der Waals surface area contributed by atoms with Gasteiger partial charge in [0.25, 0.3) is 0 Å². The Morgan fingerprint density at radius 1 is 1.10 bits per heavy atom. The summed E-state index contributed by atoms with van der Waals surface area (Å²) >= 11 is 5.96. The molecule has 0 saturated heterocycles. The zero-order chi connectivity index (χ0) is 15.4. The predicted octanol–water partition coefficient (Wildman–Crippen LogP) is 4.90. The molecule has 2 unspecified atom stereocenters. The average Bonchev–Trinajstić information content (AvgIpc) is 2.41. The smallest absolute Gasteiger partial charge is 0.128 e. The second-order valence-electron chi connectivity index (χ2n) is 5.29.